The van der Waals surface area contributed by atoms with Gasteiger partial charge in [0.25, 0.3) is 0 Å². The topological polar surface area (TPSA) is 38.3 Å². The van der Waals surface area contributed by atoms with Gasteiger partial charge in [0.05, 0.1) is 5.41 Å². The zero-order valence-electron chi connectivity index (χ0n) is 10.9. The van der Waals surface area contributed by atoms with Gasteiger partial charge in [0.1, 0.15) is 5.82 Å². The van der Waals surface area contributed by atoms with E-state index in [0.717, 1.165) is 0 Å². The monoisotopic (exact) mass is 251 g/mol. The number of benzene rings is 1. The summed E-state index contributed by atoms with van der Waals surface area (Å²) < 4.78 is 19.4. The Morgan fingerprint density at radius 1 is 1.33 bits per heavy atom. The second kappa shape index (κ2) is 4.35. The molecule has 1 aromatic carbocycles. The maximum Gasteiger partial charge on any atom is 0.312 e. The van der Waals surface area contributed by atoms with E-state index >= 15 is 0 Å². The summed E-state index contributed by atoms with van der Waals surface area (Å²) in [7, 11) is 0. The van der Waals surface area contributed by atoms with Gasteiger partial charge in [-0.25, -0.2) is 4.39 Å². The minimum Gasteiger partial charge on any atom is -0.451 e. The number of nitrogens with one attached hydrogen (secondary N) is 1. The molecular weight excluding hydrogens is 233 g/mol. The van der Waals surface area contributed by atoms with Crippen molar-refractivity contribution >= 4 is 5.97 Å². The molecule has 0 aromatic heterocycles. The Morgan fingerprint density at radius 2 is 1.94 bits per heavy atom. The van der Waals surface area contributed by atoms with Gasteiger partial charge in [-0.2, -0.15) is 0 Å². The highest BCUT2D eigenvalue weighted by Gasteiger charge is 2.46. The number of carbonyl (C=O) groups is 1. The summed E-state index contributed by atoms with van der Waals surface area (Å²) in [5.41, 5.74) is -0.995. The lowest BCUT2D eigenvalue weighted by Crippen LogP contribution is -2.60. The van der Waals surface area contributed by atoms with E-state index in [1.807, 2.05) is 0 Å². The van der Waals surface area contributed by atoms with E-state index in [-0.39, 0.29) is 11.8 Å². The molecule has 1 N–H and O–H groups in total. The first-order chi connectivity index (χ1) is 8.35. The number of esters is 1. The predicted molar refractivity (Wildman–Crippen MR) is 66.5 cm³/mol. The summed E-state index contributed by atoms with van der Waals surface area (Å²) in [5, 5.41) is 3.04. The van der Waals surface area contributed by atoms with Crippen molar-refractivity contribution in [3.63, 3.8) is 0 Å². The fraction of sp³-hybridized carbons (Fsp3) is 0.500. The van der Waals surface area contributed by atoms with E-state index < -0.39 is 11.0 Å². The SMILES string of the molecule is CC(C)(C)C(=O)OC1(c2ccccc2F)CNC1. The van der Waals surface area contributed by atoms with Crippen LogP contribution in [0.5, 0.6) is 0 Å². The predicted octanol–water partition coefficient (Wildman–Crippen LogP) is 2.21. The van der Waals surface area contributed by atoms with Crippen LogP contribution in [0, 0.1) is 11.2 Å². The number of ether oxygens (including phenoxy) is 1. The van der Waals surface area contributed by atoms with Gasteiger partial charge in [-0.3, -0.25) is 4.79 Å². The Balaban J connectivity index is 2.28. The van der Waals surface area contributed by atoms with Crippen LogP contribution in [-0.4, -0.2) is 19.1 Å². The van der Waals surface area contributed by atoms with Crippen molar-refractivity contribution in [2.24, 2.45) is 5.41 Å². The third-order valence-electron chi connectivity index (χ3n) is 3.09. The van der Waals surface area contributed by atoms with Crippen LogP contribution in [0.25, 0.3) is 0 Å². The number of hydrogen-bond donors (Lipinski definition) is 1. The first-order valence-electron chi connectivity index (χ1n) is 6.04. The van der Waals surface area contributed by atoms with Crippen molar-refractivity contribution in [1.82, 2.24) is 5.32 Å². The van der Waals surface area contributed by atoms with E-state index in [2.05, 4.69) is 5.32 Å². The summed E-state index contributed by atoms with van der Waals surface area (Å²) in [6.45, 7) is 6.27. The summed E-state index contributed by atoms with van der Waals surface area (Å²) in [5.74, 6) is -0.645. The molecule has 98 valence electrons. The van der Waals surface area contributed by atoms with Gasteiger partial charge in [-0.05, 0) is 26.8 Å². The molecule has 0 radical (unpaired) electrons. The molecule has 0 aliphatic carbocycles. The average molecular weight is 251 g/mol. The van der Waals surface area contributed by atoms with Gasteiger partial charge in [0, 0.05) is 18.7 Å². The molecule has 1 aromatic rings. The molecule has 0 atom stereocenters. The first kappa shape index (κ1) is 13.0. The first-order valence-corrected chi connectivity index (χ1v) is 6.04. The summed E-state index contributed by atoms with van der Waals surface area (Å²) in [4.78, 5) is 12.0. The summed E-state index contributed by atoms with van der Waals surface area (Å²) in [6, 6.07) is 6.44. The van der Waals surface area contributed by atoms with Crippen LogP contribution < -0.4 is 5.32 Å². The normalized spacial score (nSPS) is 18.0. The Morgan fingerprint density at radius 3 is 2.39 bits per heavy atom. The Hall–Kier alpha value is -1.42. The van der Waals surface area contributed by atoms with Crippen LogP contribution in [0.2, 0.25) is 0 Å². The van der Waals surface area contributed by atoms with E-state index in [1.165, 1.54) is 6.07 Å². The van der Waals surface area contributed by atoms with Gasteiger partial charge < -0.3 is 10.1 Å². The van der Waals surface area contributed by atoms with Crippen LogP contribution in [-0.2, 0) is 15.1 Å². The molecule has 1 fully saturated rings. The lowest BCUT2D eigenvalue weighted by molar-refractivity contribution is -0.177. The van der Waals surface area contributed by atoms with Crippen molar-refractivity contribution in [3.8, 4) is 0 Å². The molecule has 1 aliphatic rings. The molecule has 1 saturated heterocycles. The molecule has 0 bridgehead atoms. The zero-order valence-corrected chi connectivity index (χ0v) is 10.9. The minimum atomic E-state index is -0.851. The standard InChI is InChI=1S/C14H18FNO2/c1-13(2,3)12(17)18-14(8-16-9-14)10-6-4-5-7-11(10)15/h4-7,16H,8-9H2,1-3H3. The minimum absolute atomic E-state index is 0.313. The fourth-order valence-electron chi connectivity index (χ4n) is 1.83. The molecule has 1 aliphatic heterocycles. The lowest BCUT2D eigenvalue weighted by atomic mass is 9.86. The largest absolute Gasteiger partial charge is 0.451 e. The second-order valence-electron chi connectivity index (χ2n) is 5.72. The fourth-order valence-corrected chi connectivity index (χ4v) is 1.83. The molecule has 18 heavy (non-hydrogen) atoms. The number of halogens is 1. The van der Waals surface area contributed by atoms with Crippen molar-refractivity contribution in [2.45, 2.75) is 26.4 Å². The van der Waals surface area contributed by atoms with E-state index in [0.29, 0.717) is 18.7 Å². The van der Waals surface area contributed by atoms with Crippen LogP contribution >= 0.6 is 0 Å². The maximum absolute atomic E-state index is 13.8. The van der Waals surface area contributed by atoms with Crippen LogP contribution in [0.1, 0.15) is 26.3 Å². The highest BCUT2D eigenvalue weighted by atomic mass is 19.1. The van der Waals surface area contributed by atoms with Gasteiger partial charge in [0.2, 0.25) is 0 Å². The van der Waals surface area contributed by atoms with Gasteiger partial charge in [-0.1, -0.05) is 18.2 Å². The zero-order chi connectivity index (χ0) is 13.4. The molecule has 0 amide bonds. The van der Waals surface area contributed by atoms with Crippen molar-refractivity contribution in [2.75, 3.05) is 13.1 Å². The highest BCUT2D eigenvalue weighted by Crippen LogP contribution is 2.34. The third-order valence-corrected chi connectivity index (χ3v) is 3.09. The number of carbonyl (C=O) groups excluding carboxylic acids is 1. The Kier molecular flexibility index (Phi) is 3.15. The van der Waals surface area contributed by atoms with Crippen molar-refractivity contribution < 1.29 is 13.9 Å². The third kappa shape index (κ3) is 2.25. The maximum atomic E-state index is 13.8. The van der Waals surface area contributed by atoms with E-state index in [9.17, 15) is 9.18 Å². The molecule has 0 unspecified atom stereocenters. The second-order valence-corrected chi connectivity index (χ2v) is 5.72. The van der Waals surface area contributed by atoms with E-state index in [4.69, 9.17) is 4.74 Å². The lowest BCUT2D eigenvalue weighted by Gasteiger charge is -2.43. The van der Waals surface area contributed by atoms with Crippen molar-refractivity contribution in [1.29, 1.82) is 0 Å². The molecular formula is C14H18FNO2. The summed E-state index contributed by atoms with van der Waals surface area (Å²) >= 11 is 0. The molecule has 0 spiro atoms. The molecule has 4 heteroatoms. The van der Waals surface area contributed by atoms with Gasteiger partial charge >= 0.3 is 5.97 Å². The van der Waals surface area contributed by atoms with E-state index in [1.54, 1.807) is 39.0 Å². The van der Waals surface area contributed by atoms with Crippen molar-refractivity contribution in [3.05, 3.63) is 35.6 Å². The van der Waals surface area contributed by atoms with Crippen LogP contribution in [0.4, 0.5) is 4.39 Å². The quantitative estimate of drug-likeness (QED) is 0.819. The summed E-state index contributed by atoms with van der Waals surface area (Å²) in [6.07, 6.45) is 0. The number of hydrogen-bond acceptors (Lipinski definition) is 3. The Labute approximate surface area is 106 Å². The van der Waals surface area contributed by atoms with Gasteiger partial charge in [0.15, 0.2) is 5.60 Å². The Bertz CT molecular complexity index is 461. The highest BCUT2D eigenvalue weighted by molar-refractivity contribution is 5.76. The number of rotatable bonds is 2. The van der Waals surface area contributed by atoms with Crippen LogP contribution in [0.3, 0.4) is 0 Å². The molecule has 2 rings (SSSR count). The average Bonchev–Trinajstić information content (AvgIpc) is 2.23. The molecule has 0 saturated carbocycles. The smallest absolute Gasteiger partial charge is 0.312 e. The van der Waals surface area contributed by atoms with Gasteiger partial charge in [-0.15, -0.1) is 0 Å². The molecule has 1 heterocycles. The molecule has 3 nitrogen and oxygen atoms in total. The van der Waals surface area contributed by atoms with Crippen LogP contribution in [0.15, 0.2) is 24.3 Å².